The van der Waals surface area contributed by atoms with Crippen LogP contribution < -0.4 is 10.3 Å². The van der Waals surface area contributed by atoms with Crippen LogP contribution in [0.15, 0.2) is 89.3 Å². The maximum Gasteiger partial charge on any atom is 0.416 e. The Morgan fingerprint density at radius 1 is 1.11 bits per heavy atom. The molecule has 0 atom stereocenters. The quantitative estimate of drug-likeness (QED) is 0.147. The van der Waals surface area contributed by atoms with E-state index >= 15 is 0 Å². The summed E-state index contributed by atoms with van der Waals surface area (Å²) in [6.45, 7) is 3.56. The fraction of sp³-hybridized carbons (Fsp3) is 0.0800. The van der Waals surface area contributed by atoms with Gasteiger partial charge in [0.05, 0.1) is 27.6 Å². The lowest BCUT2D eigenvalue weighted by Crippen LogP contribution is -2.20. The zero-order valence-electron chi connectivity index (χ0n) is 18.5. The number of fused-ring (bicyclic) bond motifs is 1. The second kappa shape index (κ2) is 9.82. The third-order valence-electron chi connectivity index (χ3n) is 5.06. The van der Waals surface area contributed by atoms with Crippen molar-refractivity contribution in [2.24, 2.45) is 5.10 Å². The van der Waals surface area contributed by atoms with Crippen LogP contribution in [0.25, 0.3) is 22.3 Å². The predicted octanol–water partition coefficient (Wildman–Crippen LogP) is 5.44. The Bertz CT molecular complexity index is 1560. The van der Waals surface area contributed by atoms with E-state index in [1.54, 1.807) is 18.2 Å². The molecule has 0 N–H and O–H groups in total. The lowest BCUT2D eigenvalue weighted by atomic mass is 10.1. The summed E-state index contributed by atoms with van der Waals surface area (Å²) in [5.41, 5.74) is -1.32. The van der Waals surface area contributed by atoms with E-state index < -0.39 is 22.2 Å². The number of aromatic nitrogens is 2. The van der Waals surface area contributed by atoms with E-state index in [2.05, 4.69) is 16.7 Å². The van der Waals surface area contributed by atoms with Crippen LogP contribution in [-0.2, 0) is 6.18 Å². The number of halogens is 3. The van der Waals surface area contributed by atoms with Gasteiger partial charge < -0.3 is 4.74 Å². The molecule has 11 heteroatoms. The molecule has 4 rings (SSSR count). The second-order valence-corrected chi connectivity index (χ2v) is 7.48. The van der Waals surface area contributed by atoms with Crippen LogP contribution in [0.1, 0.15) is 11.1 Å². The minimum Gasteiger partial charge on any atom is -0.483 e. The number of nitro groups is 1. The number of alkyl halides is 3. The average molecular weight is 494 g/mol. The van der Waals surface area contributed by atoms with Crippen LogP contribution >= 0.6 is 0 Å². The van der Waals surface area contributed by atoms with Crippen molar-refractivity contribution < 1.29 is 22.8 Å². The molecule has 0 unspecified atom stereocenters. The van der Waals surface area contributed by atoms with E-state index in [0.29, 0.717) is 0 Å². The summed E-state index contributed by atoms with van der Waals surface area (Å²) >= 11 is 0. The molecular weight excluding hydrogens is 477 g/mol. The molecule has 8 nitrogen and oxygen atoms in total. The van der Waals surface area contributed by atoms with Crippen LogP contribution in [0.5, 0.6) is 5.75 Å². The van der Waals surface area contributed by atoms with Crippen molar-refractivity contribution in [1.29, 1.82) is 0 Å². The highest BCUT2D eigenvalue weighted by Crippen LogP contribution is 2.32. The molecule has 0 bridgehead atoms. The summed E-state index contributed by atoms with van der Waals surface area (Å²) in [6, 6.07) is 14.8. The van der Waals surface area contributed by atoms with Gasteiger partial charge in [-0.1, -0.05) is 36.9 Å². The predicted molar refractivity (Wildman–Crippen MR) is 128 cm³/mol. The molecule has 0 aliphatic carbocycles. The van der Waals surface area contributed by atoms with Crippen LogP contribution in [0.4, 0.5) is 18.9 Å². The Morgan fingerprint density at radius 3 is 2.61 bits per heavy atom. The number of ether oxygens (including phenoxy) is 1. The van der Waals surface area contributed by atoms with E-state index in [-0.39, 0.29) is 45.9 Å². The van der Waals surface area contributed by atoms with Crippen molar-refractivity contribution in [3.05, 3.63) is 111 Å². The van der Waals surface area contributed by atoms with Gasteiger partial charge in [-0.2, -0.15) is 22.9 Å². The fourth-order valence-corrected chi connectivity index (χ4v) is 3.40. The highest BCUT2D eigenvalue weighted by atomic mass is 19.4. The van der Waals surface area contributed by atoms with Gasteiger partial charge in [0.2, 0.25) is 0 Å². The highest BCUT2D eigenvalue weighted by molar-refractivity contribution is 5.83. The zero-order valence-corrected chi connectivity index (χ0v) is 18.5. The Labute approximate surface area is 201 Å². The molecule has 3 aromatic carbocycles. The van der Waals surface area contributed by atoms with Gasteiger partial charge in [-0.25, -0.2) is 4.98 Å². The number of rotatable bonds is 7. The maximum absolute atomic E-state index is 13.3. The van der Waals surface area contributed by atoms with Crippen molar-refractivity contribution >= 4 is 22.8 Å². The number of nitro benzene ring substituents is 1. The van der Waals surface area contributed by atoms with Gasteiger partial charge in [0.1, 0.15) is 6.61 Å². The van der Waals surface area contributed by atoms with E-state index in [1.165, 1.54) is 48.7 Å². The van der Waals surface area contributed by atoms with E-state index in [1.807, 2.05) is 0 Å². The molecule has 1 aromatic heterocycles. The third-order valence-corrected chi connectivity index (χ3v) is 5.06. The van der Waals surface area contributed by atoms with Crippen molar-refractivity contribution in [1.82, 2.24) is 9.66 Å². The van der Waals surface area contributed by atoms with Crippen molar-refractivity contribution in [3.63, 3.8) is 0 Å². The number of benzene rings is 3. The number of hydrogen-bond acceptors (Lipinski definition) is 6. The van der Waals surface area contributed by atoms with Crippen LogP contribution in [0.2, 0.25) is 0 Å². The fourth-order valence-electron chi connectivity index (χ4n) is 3.40. The minimum atomic E-state index is -4.60. The van der Waals surface area contributed by atoms with Gasteiger partial charge in [-0.15, -0.1) is 0 Å². The topological polar surface area (TPSA) is 99.6 Å². The lowest BCUT2D eigenvalue weighted by molar-refractivity contribution is -0.385. The molecule has 0 saturated carbocycles. The molecule has 0 aliphatic heterocycles. The molecule has 0 saturated heterocycles. The van der Waals surface area contributed by atoms with Gasteiger partial charge in [0.25, 0.3) is 5.56 Å². The van der Waals surface area contributed by atoms with Crippen LogP contribution in [0, 0.1) is 10.1 Å². The van der Waals surface area contributed by atoms with Gasteiger partial charge in [-0.3, -0.25) is 14.9 Å². The smallest absolute Gasteiger partial charge is 0.416 e. The van der Waals surface area contributed by atoms with Gasteiger partial charge in [0, 0.05) is 17.2 Å². The molecule has 36 heavy (non-hydrogen) atoms. The molecule has 0 amide bonds. The number of hydrogen-bond donors (Lipinski definition) is 0. The summed E-state index contributed by atoms with van der Waals surface area (Å²) in [7, 11) is 0. The van der Waals surface area contributed by atoms with E-state index in [9.17, 15) is 28.1 Å². The number of nitrogens with zero attached hydrogens (tertiary/aromatic N) is 4. The molecule has 0 spiro atoms. The first kappa shape index (κ1) is 24.3. The first-order valence-corrected chi connectivity index (χ1v) is 10.4. The van der Waals surface area contributed by atoms with Gasteiger partial charge >= 0.3 is 11.9 Å². The highest BCUT2D eigenvalue weighted by Gasteiger charge is 2.31. The summed E-state index contributed by atoms with van der Waals surface area (Å²) in [6.07, 6.45) is -1.98. The Hall–Kier alpha value is -4.80. The van der Waals surface area contributed by atoms with Gasteiger partial charge in [-0.05, 0) is 36.4 Å². The molecule has 0 fully saturated rings. The first-order valence-electron chi connectivity index (χ1n) is 10.4. The molecule has 4 aromatic rings. The molecular formula is C25H17F3N4O4. The normalized spacial score (nSPS) is 11.6. The summed E-state index contributed by atoms with van der Waals surface area (Å²) in [5.74, 6) is -0.104. The van der Waals surface area contributed by atoms with E-state index in [4.69, 9.17) is 4.74 Å². The standard InChI is InChI=1S/C25H17F3N4O4/c1-2-12-36-22-11-10-16(13-21(22)32(34)35)15-29-31-23(17-6-5-7-18(14-17)25(26,27)28)30-20-9-4-3-8-19(20)24(31)33/h2-11,13-15H,1,12H2. The summed E-state index contributed by atoms with van der Waals surface area (Å²) in [5, 5.41) is 15.8. The Kier molecular flexibility index (Phi) is 6.64. The molecule has 182 valence electrons. The van der Waals surface area contributed by atoms with E-state index in [0.717, 1.165) is 16.8 Å². The van der Waals surface area contributed by atoms with Crippen molar-refractivity contribution in [3.8, 4) is 17.1 Å². The SMILES string of the molecule is C=CCOc1ccc(C=Nn2c(-c3cccc(C(F)(F)F)c3)nc3ccccc3c2=O)cc1[N+](=O)[O-]. The third kappa shape index (κ3) is 4.99. The largest absolute Gasteiger partial charge is 0.483 e. The first-order chi connectivity index (χ1) is 17.2. The van der Waals surface area contributed by atoms with Crippen LogP contribution in [-0.4, -0.2) is 27.4 Å². The number of para-hydroxylation sites is 1. The molecule has 1 heterocycles. The lowest BCUT2D eigenvalue weighted by Gasteiger charge is -2.12. The average Bonchev–Trinajstić information content (AvgIpc) is 2.86. The van der Waals surface area contributed by atoms with Crippen molar-refractivity contribution in [2.45, 2.75) is 6.18 Å². The Morgan fingerprint density at radius 2 is 1.89 bits per heavy atom. The van der Waals surface area contributed by atoms with Crippen LogP contribution in [0.3, 0.4) is 0 Å². The Balaban J connectivity index is 1.86. The minimum absolute atomic E-state index is 0.0176. The second-order valence-electron chi connectivity index (χ2n) is 7.48. The summed E-state index contributed by atoms with van der Waals surface area (Å²) in [4.78, 5) is 28.4. The summed E-state index contributed by atoms with van der Waals surface area (Å²) < 4.78 is 46.1. The maximum atomic E-state index is 13.3. The monoisotopic (exact) mass is 494 g/mol. The zero-order chi connectivity index (χ0) is 25.9. The molecule has 0 aliphatic rings. The van der Waals surface area contributed by atoms with Gasteiger partial charge in [0.15, 0.2) is 11.6 Å². The molecule has 0 radical (unpaired) electrons. The van der Waals surface area contributed by atoms with Crippen molar-refractivity contribution in [2.75, 3.05) is 6.61 Å².